The molecule has 0 nitrogen and oxygen atoms in total. The molecule has 0 N–H and O–H groups in total. The fourth-order valence-corrected chi connectivity index (χ4v) is 0.962. The standard InChI is InChI=1S/3C5H5.Sc/c3*1-2-4-5-3-1;/h3*1-5H;/q3*-1;+3. The molecule has 0 spiro atoms. The first-order chi connectivity index (χ1) is 7.50. The molecular weight excluding hydrogens is 225 g/mol. The van der Waals surface area contributed by atoms with Crippen LogP contribution in [0.4, 0.5) is 0 Å². The van der Waals surface area contributed by atoms with Crippen LogP contribution in [-0.2, 0) is 25.8 Å². The van der Waals surface area contributed by atoms with E-state index in [2.05, 4.69) is 0 Å². The monoisotopic (exact) mass is 240 g/mol. The van der Waals surface area contributed by atoms with Gasteiger partial charge in [-0.15, -0.1) is 0 Å². The summed E-state index contributed by atoms with van der Waals surface area (Å²) in [5.41, 5.74) is 0. The minimum absolute atomic E-state index is 0. The summed E-state index contributed by atoms with van der Waals surface area (Å²) in [6.07, 6.45) is 0. The molecule has 0 saturated carbocycles. The Morgan fingerprint density at radius 3 is 0.625 bits per heavy atom. The third kappa shape index (κ3) is 9.47. The van der Waals surface area contributed by atoms with Crippen LogP contribution in [-0.4, -0.2) is 0 Å². The Balaban J connectivity index is 0.000000205. The summed E-state index contributed by atoms with van der Waals surface area (Å²) in [6.45, 7) is 0. The minimum atomic E-state index is 0. The first-order valence-corrected chi connectivity index (χ1v) is 5.00. The molecule has 0 unspecified atom stereocenters. The Hall–Kier alpha value is -1.08. The van der Waals surface area contributed by atoms with Crippen molar-refractivity contribution in [3.8, 4) is 0 Å². The van der Waals surface area contributed by atoms with Crippen molar-refractivity contribution in [2.45, 2.75) is 0 Å². The van der Waals surface area contributed by atoms with E-state index in [-0.39, 0.29) is 25.8 Å². The van der Waals surface area contributed by atoms with Gasteiger partial charge in [0.1, 0.15) is 0 Å². The molecule has 0 radical (unpaired) electrons. The minimum Gasteiger partial charge on any atom is -0.214 e. The largest absolute Gasteiger partial charge is 3.00 e. The fourth-order valence-electron chi connectivity index (χ4n) is 0.962. The maximum atomic E-state index is 2.00. The van der Waals surface area contributed by atoms with Crippen LogP contribution in [0.1, 0.15) is 0 Å². The molecule has 0 aliphatic rings. The maximum Gasteiger partial charge on any atom is 3.00 e. The molecule has 0 aliphatic carbocycles. The van der Waals surface area contributed by atoms with Gasteiger partial charge in [-0.05, 0) is 0 Å². The van der Waals surface area contributed by atoms with E-state index in [0.717, 1.165) is 0 Å². The third-order valence-corrected chi connectivity index (χ3v) is 1.67. The molecule has 0 heterocycles. The molecule has 78 valence electrons. The predicted molar refractivity (Wildman–Crippen MR) is 66.1 cm³/mol. The van der Waals surface area contributed by atoms with Gasteiger partial charge >= 0.3 is 25.8 Å². The molecule has 0 aliphatic heterocycles. The van der Waals surface area contributed by atoms with Gasteiger partial charge in [0.2, 0.25) is 0 Å². The number of hydrogen-bond donors (Lipinski definition) is 0. The van der Waals surface area contributed by atoms with Gasteiger partial charge in [0.25, 0.3) is 0 Å². The van der Waals surface area contributed by atoms with Crippen LogP contribution in [0.15, 0.2) is 91.0 Å². The molecule has 1 heteroatoms. The van der Waals surface area contributed by atoms with E-state index in [4.69, 9.17) is 0 Å². The van der Waals surface area contributed by atoms with Crippen molar-refractivity contribution in [1.29, 1.82) is 0 Å². The normalized spacial score (nSPS) is 7.50. The summed E-state index contributed by atoms with van der Waals surface area (Å²) in [4.78, 5) is 0. The van der Waals surface area contributed by atoms with E-state index >= 15 is 0 Å². The molecule has 0 aromatic heterocycles. The van der Waals surface area contributed by atoms with Crippen LogP contribution in [0.2, 0.25) is 0 Å². The zero-order valence-corrected chi connectivity index (χ0v) is 11.0. The van der Waals surface area contributed by atoms with Gasteiger partial charge in [-0.1, -0.05) is 0 Å². The van der Waals surface area contributed by atoms with Crippen LogP contribution in [0.25, 0.3) is 0 Å². The van der Waals surface area contributed by atoms with Crippen LogP contribution in [0.5, 0.6) is 0 Å². The summed E-state index contributed by atoms with van der Waals surface area (Å²) >= 11 is 0. The topological polar surface area (TPSA) is 0 Å². The van der Waals surface area contributed by atoms with Crippen molar-refractivity contribution in [3.05, 3.63) is 91.0 Å². The molecule has 0 amide bonds. The van der Waals surface area contributed by atoms with Gasteiger partial charge in [0.15, 0.2) is 0 Å². The summed E-state index contributed by atoms with van der Waals surface area (Å²) < 4.78 is 0. The van der Waals surface area contributed by atoms with Gasteiger partial charge in [-0.2, -0.15) is 54.6 Å². The average Bonchev–Trinajstić information content (AvgIpc) is 3.09. The third-order valence-electron chi connectivity index (χ3n) is 1.67. The Morgan fingerprint density at radius 1 is 0.375 bits per heavy atom. The smallest absolute Gasteiger partial charge is 0.214 e. The van der Waals surface area contributed by atoms with Crippen molar-refractivity contribution >= 4 is 0 Å². The Morgan fingerprint density at radius 2 is 0.562 bits per heavy atom. The zero-order valence-electron chi connectivity index (χ0n) is 9.24. The number of rotatable bonds is 0. The van der Waals surface area contributed by atoms with E-state index in [9.17, 15) is 0 Å². The first-order valence-electron chi connectivity index (χ1n) is 5.00. The second-order valence-corrected chi connectivity index (χ2v) is 2.89. The Bertz CT molecular complexity index is 237. The fraction of sp³-hybridized carbons (Fsp3) is 0. The van der Waals surface area contributed by atoms with E-state index in [1.165, 1.54) is 0 Å². The van der Waals surface area contributed by atoms with E-state index in [0.29, 0.717) is 0 Å². The molecule has 0 fully saturated rings. The molecule has 3 rings (SSSR count). The molecule has 0 bridgehead atoms. The Labute approximate surface area is 116 Å². The number of hydrogen-bond acceptors (Lipinski definition) is 0. The zero-order chi connectivity index (χ0) is 10.6. The summed E-state index contributed by atoms with van der Waals surface area (Å²) in [5.74, 6) is 0. The van der Waals surface area contributed by atoms with Crippen LogP contribution in [0, 0.1) is 0 Å². The average molecular weight is 240 g/mol. The quantitative estimate of drug-likeness (QED) is 0.516. The molecule has 0 atom stereocenters. The molecule has 16 heavy (non-hydrogen) atoms. The molecule has 0 saturated heterocycles. The van der Waals surface area contributed by atoms with E-state index in [1.807, 2.05) is 91.0 Å². The molecular formula is C15H15Sc. The maximum absolute atomic E-state index is 2.00. The van der Waals surface area contributed by atoms with Crippen molar-refractivity contribution in [3.63, 3.8) is 0 Å². The van der Waals surface area contributed by atoms with Gasteiger partial charge in [-0.25, -0.2) is 36.4 Å². The second-order valence-electron chi connectivity index (χ2n) is 2.89. The Kier molecular flexibility index (Phi) is 11.2. The van der Waals surface area contributed by atoms with Gasteiger partial charge < -0.3 is 0 Å². The van der Waals surface area contributed by atoms with Crippen LogP contribution < -0.4 is 0 Å². The summed E-state index contributed by atoms with van der Waals surface area (Å²) in [6, 6.07) is 30.0. The van der Waals surface area contributed by atoms with Crippen molar-refractivity contribution in [2.24, 2.45) is 0 Å². The van der Waals surface area contributed by atoms with Gasteiger partial charge in [-0.3, -0.25) is 0 Å². The van der Waals surface area contributed by atoms with E-state index in [1.54, 1.807) is 0 Å². The van der Waals surface area contributed by atoms with Crippen LogP contribution in [0.3, 0.4) is 0 Å². The summed E-state index contributed by atoms with van der Waals surface area (Å²) in [7, 11) is 0. The van der Waals surface area contributed by atoms with Gasteiger partial charge in [0, 0.05) is 0 Å². The van der Waals surface area contributed by atoms with Crippen molar-refractivity contribution < 1.29 is 25.8 Å². The van der Waals surface area contributed by atoms with E-state index < -0.39 is 0 Å². The summed E-state index contributed by atoms with van der Waals surface area (Å²) in [5, 5.41) is 0. The van der Waals surface area contributed by atoms with Crippen molar-refractivity contribution in [2.75, 3.05) is 0 Å². The second kappa shape index (κ2) is 12.0. The SMILES string of the molecule is [Sc+3].c1cc[cH-]c1.c1cc[cH-]c1.c1cc[cH-]c1. The molecule has 3 aromatic rings. The molecule has 3 aromatic carbocycles. The van der Waals surface area contributed by atoms with Crippen molar-refractivity contribution in [1.82, 2.24) is 0 Å². The predicted octanol–water partition coefficient (Wildman–Crippen LogP) is 4.21. The van der Waals surface area contributed by atoms with Crippen LogP contribution >= 0.6 is 0 Å². The van der Waals surface area contributed by atoms with Gasteiger partial charge in [0.05, 0.1) is 0 Å². The first kappa shape index (κ1) is 14.9.